The zero-order valence-electron chi connectivity index (χ0n) is 12.1. The highest BCUT2D eigenvalue weighted by Gasteiger charge is 2.31. The molecule has 1 aromatic rings. The first kappa shape index (κ1) is 15.5. The van der Waals surface area contributed by atoms with Crippen molar-refractivity contribution in [3.63, 3.8) is 0 Å². The van der Waals surface area contributed by atoms with Gasteiger partial charge >= 0.3 is 5.97 Å². The van der Waals surface area contributed by atoms with Gasteiger partial charge in [-0.25, -0.2) is 4.39 Å². The molecular weight excluding hydrogens is 271 g/mol. The second-order valence-corrected chi connectivity index (χ2v) is 5.17. The summed E-state index contributed by atoms with van der Waals surface area (Å²) in [5.41, 5.74) is 0.627. The molecule has 4 nitrogen and oxygen atoms in total. The van der Waals surface area contributed by atoms with Crippen molar-refractivity contribution in [2.75, 3.05) is 19.7 Å². The van der Waals surface area contributed by atoms with Crippen molar-refractivity contribution in [2.24, 2.45) is 5.92 Å². The maximum absolute atomic E-state index is 13.3. The Morgan fingerprint density at radius 2 is 2.43 bits per heavy atom. The zero-order chi connectivity index (χ0) is 15.2. The number of halogens is 1. The van der Waals surface area contributed by atoms with Crippen LogP contribution in [-0.2, 0) is 9.53 Å². The number of rotatable bonds is 4. The van der Waals surface area contributed by atoms with E-state index in [0.717, 1.165) is 19.4 Å². The van der Waals surface area contributed by atoms with Crippen LogP contribution in [0.5, 0.6) is 0 Å². The third-order valence-electron chi connectivity index (χ3n) is 3.72. The molecule has 1 saturated heterocycles. The van der Waals surface area contributed by atoms with Crippen molar-refractivity contribution in [2.45, 2.75) is 25.8 Å². The molecule has 0 aliphatic carbocycles. The molecule has 0 aromatic heterocycles. The summed E-state index contributed by atoms with van der Waals surface area (Å²) < 4.78 is 18.4. The molecule has 21 heavy (non-hydrogen) atoms. The van der Waals surface area contributed by atoms with Crippen LogP contribution in [-0.4, -0.2) is 30.6 Å². The molecule has 1 fully saturated rings. The van der Waals surface area contributed by atoms with E-state index in [1.54, 1.807) is 19.1 Å². The Bertz CT molecular complexity index is 541. The first-order valence-electron chi connectivity index (χ1n) is 7.21. The minimum absolute atomic E-state index is 0.205. The maximum Gasteiger partial charge on any atom is 0.310 e. The molecule has 1 aromatic carbocycles. The standard InChI is InChI=1S/C16H19FN2O2/c1-2-21-16(20)13-6-4-8-19(11-13)15(10-18)12-5-3-7-14(17)9-12/h3,5,7,9,13,15H,2,4,6,8,11H2,1H3. The lowest BCUT2D eigenvalue weighted by Gasteiger charge is -2.34. The Kier molecular flexibility index (Phi) is 5.29. The number of hydrogen-bond donors (Lipinski definition) is 0. The van der Waals surface area contributed by atoms with E-state index < -0.39 is 6.04 Å². The molecule has 112 valence electrons. The number of esters is 1. The Labute approximate surface area is 124 Å². The predicted molar refractivity (Wildman–Crippen MR) is 75.7 cm³/mol. The molecule has 2 rings (SSSR count). The molecule has 1 heterocycles. The summed E-state index contributed by atoms with van der Waals surface area (Å²) in [4.78, 5) is 13.8. The molecule has 0 radical (unpaired) electrons. The van der Waals surface area contributed by atoms with Crippen molar-refractivity contribution in [3.8, 4) is 6.07 Å². The molecule has 1 aliphatic rings. The Morgan fingerprint density at radius 1 is 1.62 bits per heavy atom. The summed E-state index contributed by atoms with van der Waals surface area (Å²) >= 11 is 0. The minimum Gasteiger partial charge on any atom is -0.466 e. The van der Waals surface area contributed by atoms with Crippen molar-refractivity contribution in [3.05, 3.63) is 35.6 Å². The number of likely N-dealkylation sites (tertiary alicyclic amines) is 1. The first-order valence-corrected chi connectivity index (χ1v) is 7.21. The van der Waals surface area contributed by atoms with E-state index in [0.29, 0.717) is 18.7 Å². The van der Waals surface area contributed by atoms with Crippen LogP contribution >= 0.6 is 0 Å². The highest BCUT2D eigenvalue weighted by molar-refractivity contribution is 5.72. The van der Waals surface area contributed by atoms with E-state index in [9.17, 15) is 14.4 Å². The second kappa shape index (κ2) is 7.19. The van der Waals surface area contributed by atoms with Gasteiger partial charge in [0.2, 0.25) is 0 Å². The van der Waals surface area contributed by atoms with Gasteiger partial charge in [0.1, 0.15) is 11.9 Å². The molecule has 0 amide bonds. The fourth-order valence-corrected chi connectivity index (χ4v) is 2.74. The van der Waals surface area contributed by atoms with E-state index in [4.69, 9.17) is 4.74 Å². The van der Waals surface area contributed by atoms with Gasteiger partial charge in [-0.05, 0) is 44.0 Å². The van der Waals surface area contributed by atoms with Crippen molar-refractivity contribution >= 4 is 5.97 Å². The van der Waals surface area contributed by atoms with Gasteiger partial charge in [-0.1, -0.05) is 12.1 Å². The lowest BCUT2D eigenvalue weighted by molar-refractivity contribution is -0.150. The van der Waals surface area contributed by atoms with E-state index in [1.807, 2.05) is 4.90 Å². The van der Waals surface area contributed by atoms with Gasteiger partial charge in [0.25, 0.3) is 0 Å². The number of nitriles is 1. The molecule has 2 atom stereocenters. The summed E-state index contributed by atoms with van der Waals surface area (Å²) in [5.74, 6) is -0.770. The lowest BCUT2D eigenvalue weighted by Crippen LogP contribution is -2.41. The van der Waals surface area contributed by atoms with E-state index in [2.05, 4.69) is 6.07 Å². The van der Waals surface area contributed by atoms with Crippen LogP contribution in [0.15, 0.2) is 24.3 Å². The second-order valence-electron chi connectivity index (χ2n) is 5.17. The van der Waals surface area contributed by atoms with Crippen LogP contribution in [0.2, 0.25) is 0 Å². The molecule has 5 heteroatoms. The third kappa shape index (κ3) is 3.79. The average Bonchev–Trinajstić information content (AvgIpc) is 2.49. The van der Waals surface area contributed by atoms with Gasteiger partial charge in [-0.15, -0.1) is 0 Å². The van der Waals surface area contributed by atoms with E-state index >= 15 is 0 Å². The summed E-state index contributed by atoms with van der Waals surface area (Å²) in [6, 6.07) is 7.76. The molecule has 1 aliphatic heterocycles. The molecule has 0 spiro atoms. The van der Waals surface area contributed by atoms with Crippen LogP contribution in [0.25, 0.3) is 0 Å². The highest BCUT2D eigenvalue weighted by Crippen LogP contribution is 2.27. The van der Waals surface area contributed by atoms with Crippen LogP contribution in [0.4, 0.5) is 4.39 Å². The number of carbonyl (C=O) groups is 1. The van der Waals surface area contributed by atoms with E-state index in [-0.39, 0.29) is 17.7 Å². The van der Waals surface area contributed by atoms with Gasteiger partial charge in [-0.3, -0.25) is 9.69 Å². The quantitative estimate of drug-likeness (QED) is 0.800. The number of carbonyl (C=O) groups excluding carboxylic acids is 1. The normalized spacial score (nSPS) is 20.5. The maximum atomic E-state index is 13.3. The average molecular weight is 290 g/mol. The van der Waals surface area contributed by atoms with Crippen molar-refractivity contribution < 1.29 is 13.9 Å². The first-order chi connectivity index (χ1) is 10.2. The summed E-state index contributed by atoms with van der Waals surface area (Å²) in [6.07, 6.45) is 1.60. The summed E-state index contributed by atoms with van der Waals surface area (Å²) in [6.45, 7) is 3.35. The zero-order valence-corrected chi connectivity index (χ0v) is 12.1. The largest absolute Gasteiger partial charge is 0.466 e. The smallest absolute Gasteiger partial charge is 0.310 e. The van der Waals surface area contributed by atoms with Crippen molar-refractivity contribution in [1.82, 2.24) is 4.90 Å². The molecule has 0 N–H and O–H groups in total. The predicted octanol–water partition coefficient (Wildman–Crippen LogP) is 2.67. The number of piperidine rings is 1. The van der Waals surface area contributed by atoms with Crippen molar-refractivity contribution in [1.29, 1.82) is 5.26 Å². The number of ether oxygens (including phenoxy) is 1. The van der Waals surface area contributed by atoms with Gasteiger partial charge in [0.15, 0.2) is 0 Å². The monoisotopic (exact) mass is 290 g/mol. The number of nitrogens with zero attached hydrogens (tertiary/aromatic N) is 2. The highest BCUT2D eigenvalue weighted by atomic mass is 19.1. The Morgan fingerprint density at radius 3 is 3.10 bits per heavy atom. The Balaban J connectivity index is 2.12. The molecule has 0 bridgehead atoms. The lowest BCUT2D eigenvalue weighted by atomic mass is 9.95. The van der Waals surface area contributed by atoms with Gasteiger partial charge in [-0.2, -0.15) is 5.26 Å². The SMILES string of the molecule is CCOC(=O)C1CCCN(C(C#N)c2cccc(F)c2)C1. The van der Waals surface area contributed by atoms with Crippen LogP contribution in [0.1, 0.15) is 31.4 Å². The van der Waals surface area contributed by atoms with Crippen LogP contribution < -0.4 is 0 Å². The molecule has 2 unspecified atom stereocenters. The van der Waals surface area contributed by atoms with Gasteiger partial charge < -0.3 is 4.74 Å². The topological polar surface area (TPSA) is 53.3 Å². The van der Waals surface area contributed by atoms with Crippen LogP contribution in [0.3, 0.4) is 0 Å². The number of benzene rings is 1. The minimum atomic E-state index is -0.530. The number of hydrogen-bond acceptors (Lipinski definition) is 4. The molecular formula is C16H19FN2O2. The Hall–Kier alpha value is -1.93. The van der Waals surface area contributed by atoms with Gasteiger partial charge in [0, 0.05) is 6.54 Å². The fourth-order valence-electron chi connectivity index (χ4n) is 2.74. The summed E-state index contributed by atoms with van der Waals surface area (Å²) in [5, 5.41) is 9.42. The summed E-state index contributed by atoms with van der Waals surface area (Å²) in [7, 11) is 0. The van der Waals surface area contributed by atoms with Crippen LogP contribution in [0, 0.1) is 23.1 Å². The van der Waals surface area contributed by atoms with E-state index in [1.165, 1.54) is 12.1 Å². The van der Waals surface area contributed by atoms with Gasteiger partial charge in [0.05, 0.1) is 18.6 Å². The molecule has 0 saturated carbocycles. The fraction of sp³-hybridized carbons (Fsp3) is 0.500. The third-order valence-corrected chi connectivity index (χ3v) is 3.72.